The molecule has 2 unspecified atom stereocenters. The van der Waals surface area contributed by atoms with Crippen LogP contribution in [0.15, 0.2) is 60.7 Å². The Hall–Kier alpha value is -1.80. The maximum atomic E-state index is 9.60. The number of para-hydroxylation sites is 1. The predicted octanol–water partition coefficient (Wildman–Crippen LogP) is 3.55. The van der Waals surface area contributed by atoms with Crippen molar-refractivity contribution in [1.82, 2.24) is 0 Å². The van der Waals surface area contributed by atoms with Crippen LogP contribution >= 0.6 is 0 Å². The van der Waals surface area contributed by atoms with Crippen LogP contribution in [0, 0.1) is 11.8 Å². The third-order valence-corrected chi connectivity index (χ3v) is 3.64. The second-order valence-electron chi connectivity index (χ2n) is 5.23. The second-order valence-corrected chi connectivity index (χ2v) is 5.23. The molecule has 0 aliphatic carbocycles. The molecule has 2 aromatic carbocycles. The predicted molar refractivity (Wildman–Crippen MR) is 81.8 cm³/mol. The minimum Gasteiger partial charge on any atom is -0.493 e. The summed E-state index contributed by atoms with van der Waals surface area (Å²) in [6, 6.07) is 20.1. The molecular formula is C18H22O2. The first-order valence-corrected chi connectivity index (χ1v) is 7.12. The lowest BCUT2D eigenvalue weighted by Gasteiger charge is -2.22. The fourth-order valence-electron chi connectivity index (χ4n) is 2.24. The lowest BCUT2D eigenvalue weighted by Crippen LogP contribution is -2.24. The summed E-state index contributed by atoms with van der Waals surface area (Å²) in [6.45, 7) is 2.95. The number of ether oxygens (including phenoxy) is 1. The summed E-state index contributed by atoms with van der Waals surface area (Å²) in [4.78, 5) is 0. The minimum absolute atomic E-state index is 0.189. The van der Waals surface area contributed by atoms with Gasteiger partial charge in [-0.05, 0) is 36.0 Å². The van der Waals surface area contributed by atoms with Gasteiger partial charge in [0.1, 0.15) is 5.75 Å². The molecule has 0 spiro atoms. The third-order valence-electron chi connectivity index (χ3n) is 3.64. The lowest BCUT2D eigenvalue weighted by molar-refractivity contribution is 0.140. The van der Waals surface area contributed by atoms with E-state index in [4.69, 9.17) is 4.74 Å². The van der Waals surface area contributed by atoms with Crippen LogP contribution in [-0.4, -0.2) is 18.3 Å². The van der Waals surface area contributed by atoms with Gasteiger partial charge >= 0.3 is 0 Å². The Morgan fingerprint density at radius 1 is 0.950 bits per heavy atom. The summed E-state index contributed by atoms with van der Waals surface area (Å²) >= 11 is 0. The van der Waals surface area contributed by atoms with Gasteiger partial charge in [-0.3, -0.25) is 0 Å². The van der Waals surface area contributed by atoms with Crippen molar-refractivity contribution in [1.29, 1.82) is 0 Å². The molecule has 0 saturated heterocycles. The van der Waals surface area contributed by atoms with Gasteiger partial charge in [-0.15, -0.1) is 0 Å². The largest absolute Gasteiger partial charge is 0.493 e. The van der Waals surface area contributed by atoms with Crippen molar-refractivity contribution in [2.45, 2.75) is 13.3 Å². The highest BCUT2D eigenvalue weighted by atomic mass is 16.5. The molecule has 0 radical (unpaired) electrons. The van der Waals surface area contributed by atoms with Gasteiger partial charge in [0.25, 0.3) is 0 Å². The lowest BCUT2D eigenvalue weighted by atomic mass is 9.89. The molecule has 2 rings (SSSR count). The van der Waals surface area contributed by atoms with E-state index in [1.165, 1.54) is 5.56 Å². The van der Waals surface area contributed by atoms with Crippen LogP contribution in [0.3, 0.4) is 0 Å². The number of hydrogen-bond acceptors (Lipinski definition) is 2. The van der Waals surface area contributed by atoms with Gasteiger partial charge in [0.05, 0.1) is 6.61 Å². The van der Waals surface area contributed by atoms with Crippen molar-refractivity contribution < 1.29 is 9.84 Å². The smallest absolute Gasteiger partial charge is 0.119 e. The second kappa shape index (κ2) is 7.71. The van der Waals surface area contributed by atoms with Crippen LogP contribution in [0.25, 0.3) is 0 Å². The van der Waals surface area contributed by atoms with Gasteiger partial charge in [0, 0.05) is 6.61 Å². The molecule has 0 amide bonds. The van der Waals surface area contributed by atoms with Gasteiger partial charge in [0.15, 0.2) is 0 Å². The van der Waals surface area contributed by atoms with Crippen molar-refractivity contribution in [3.63, 3.8) is 0 Å². The highest BCUT2D eigenvalue weighted by Crippen LogP contribution is 2.19. The average molecular weight is 270 g/mol. The number of benzene rings is 2. The van der Waals surface area contributed by atoms with Crippen LogP contribution < -0.4 is 4.74 Å². The summed E-state index contributed by atoms with van der Waals surface area (Å²) in [7, 11) is 0. The normalized spacial score (nSPS) is 13.7. The van der Waals surface area contributed by atoms with E-state index < -0.39 is 0 Å². The van der Waals surface area contributed by atoms with Gasteiger partial charge in [-0.2, -0.15) is 0 Å². The summed E-state index contributed by atoms with van der Waals surface area (Å²) in [5, 5.41) is 9.60. The van der Waals surface area contributed by atoms with Crippen molar-refractivity contribution in [2.24, 2.45) is 11.8 Å². The Balaban J connectivity index is 1.87. The first-order chi connectivity index (χ1) is 9.79. The highest BCUT2D eigenvalue weighted by Gasteiger charge is 2.17. The zero-order valence-corrected chi connectivity index (χ0v) is 11.9. The van der Waals surface area contributed by atoms with E-state index in [1.54, 1.807) is 0 Å². The minimum atomic E-state index is 0.189. The molecule has 0 bridgehead atoms. The molecule has 1 N–H and O–H groups in total. The standard InChI is InChI=1S/C18H22O2/c1-15(14-20-18-10-6-3-7-11-18)17(13-19)12-16-8-4-2-5-9-16/h2-11,15,17,19H,12-14H2,1H3. The zero-order chi connectivity index (χ0) is 14.2. The van der Waals surface area contributed by atoms with Crippen LogP contribution in [0.5, 0.6) is 5.75 Å². The molecule has 2 aromatic rings. The van der Waals surface area contributed by atoms with E-state index in [-0.39, 0.29) is 12.5 Å². The molecule has 0 heterocycles. The topological polar surface area (TPSA) is 29.5 Å². The fourth-order valence-corrected chi connectivity index (χ4v) is 2.24. The Kier molecular flexibility index (Phi) is 5.63. The molecular weight excluding hydrogens is 248 g/mol. The summed E-state index contributed by atoms with van der Waals surface area (Å²) in [5.74, 6) is 1.41. The molecule has 106 valence electrons. The van der Waals surface area contributed by atoms with Gasteiger partial charge in [-0.1, -0.05) is 55.5 Å². The Morgan fingerprint density at radius 2 is 1.55 bits per heavy atom. The molecule has 2 heteroatoms. The van der Waals surface area contributed by atoms with Gasteiger partial charge in [-0.25, -0.2) is 0 Å². The molecule has 0 aliphatic heterocycles. The third kappa shape index (κ3) is 4.39. The maximum absolute atomic E-state index is 9.60. The van der Waals surface area contributed by atoms with Crippen molar-refractivity contribution >= 4 is 0 Å². The molecule has 20 heavy (non-hydrogen) atoms. The zero-order valence-electron chi connectivity index (χ0n) is 11.9. The quantitative estimate of drug-likeness (QED) is 0.833. The van der Waals surface area contributed by atoms with Crippen molar-refractivity contribution in [3.8, 4) is 5.75 Å². The number of rotatable bonds is 7. The summed E-state index contributed by atoms with van der Waals surface area (Å²) < 4.78 is 5.78. The van der Waals surface area contributed by atoms with E-state index >= 15 is 0 Å². The molecule has 0 aliphatic rings. The van der Waals surface area contributed by atoms with E-state index in [1.807, 2.05) is 48.5 Å². The van der Waals surface area contributed by atoms with Crippen LogP contribution in [0.1, 0.15) is 12.5 Å². The van der Waals surface area contributed by atoms with E-state index in [0.717, 1.165) is 12.2 Å². The number of aliphatic hydroxyl groups is 1. The Bertz CT molecular complexity index is 481. The number of aliphatic hydroxyl groups excluding tert-OH is 1. The summed E-state index contributed by atoms with van der Waals surface area (Å²) in [6.07, 6.45) is 0.886. The summed E-state index contributed by atoms with van der Waals surface area (Å²) in [5.41, 5.74) is 1.26. The average Bonchev–Trinajstić information content (AvgIpc) is 2.52. The van der Waals surface area contributed by atoms with Gasteiger partial charge < -0.3 is 9.84 Å². The van der Waals surface area contributed by atoms with E-state index in [0.29, 0.717) is 12.5 Å². The van der Waals surface area contributed by atoms with E-state index in [9.17, 15) is 5.11 Å². The molecule has 0 aromatic heterocycles. The maximum Gasteiger partial charge on any atom is 0.119 e. The molecule has 0 fully saturated rings. The van der Waals surface area contributed by atoms with Crippen LogP contribution in [0.2, 0.25) is 0 Å². The first kappa shape index (κ1) is 14.6. The molecule has 0 saturated carbocycles. The van der Waals surface area contributed by atoms with Crippen molar-refractivity contribution in [3.05, 3.63) is 66.2 Å². The number of hydrogen-bond donors (Lipinski definition) is 1. The Labute approximate surface area is 121 Å². The molecule has 2 nitrogen and oxygen atoms in total. The van der Waals surface area contributed by atoms with E-state index in [2.05, 4.69) is 19.1 Å². The monoisotopic (exact) mass is 270 g/mol. The van der Waals surface area contributed by atoms with Crippen LogP contribution in [0.4, 0.5) is 0 Å². The van der Waals surface area contributed by atoms with Gasteiger partial charge in [0.2, 0.25) is 0 Å². The highest BCUT2D eigenvalue weighted by molar-refractivity contribution is 5.21. The SMILES string of the molecule is CC(COc1ccccc1)C(CO)Cc1ccccc1. The molecule has 2 atom stereocenters. The fraction of sp³-hybridized carbons (Fsp3) is 0.333. The first-order valence-electron chi connectivity index (χ1n) is 7.12. The van der Waals surface area contributed by atoms with Crippen LogP contribution in [-0.2, 0) is 6.42 Å². The Morgan fingerprint density at radius 3 is 2.15 bits per heavy atom. The van der Waals surface area contributed by atoms with Crippen molar-refractivity contribution in [2.75, 3.05) is 13.2 Å².